The lowest BCUT2D eigenvalue weighted by Gasteiger charge is -2.10. The molecule has 2 aromatic heterocycles. The van der Waals surface area contributed by atoms with Gasteiger partial charge in [-0.3, -0.25) is 4.79 Å². The minimum atomic E-state index is -0.245. The van der Waals surface area contributed by atoms with Crippen LogP contribution in [0.3, 0.4) is 0 Å². The zero-order chi connectivity index (χ0) is 16.4. The van der Waals surface area contributed by atoms with E-state index in [4.69, 9.17) is 4.42 Å². The molecular weight excluding hydrogens is 310 g/mol. The highest BCUT2D eigenvalue weighted by molar-refractivity contribution is 8.00. The van der Waals surface area contributed by atoms with Crippen LogP contribution in [0, 0.1) is 6.92 Å². The summed E-state index contributed by atoms with van der Waals surface area (Å²) in [6.45, 7) is 3.89. The van der Waals surface area contributed by atoms with Crippen molar-refractivity contribution >= 4 is 17.5 Å². The average Bonchev–Trinajstić information content (AvgIpc) is 3.18. The van der Waals surface area contributed by atoms with Gasteiger partial charge in [0.05, 0.1) is 11.5 Å². The van der Waals surface area contributed by atoms with Gasteiger partial charge in [0.1, 0.15) is 0 Å². The van der Waals surface area contributed by atoms with Gasteiger partial charge in [0, 0.05) is 12.6 Å². The molecule has 5 nitrogen and oxygen atoms in total. The molecule has 0 amide bonds. The monoisotopic (exact) mass is 327 g/mol. The highest BCUT2D eigenvalue weighted by Crippen LogP contribution is 2.27. The molecule has 0 radical (unpaired) electrons. The Kier molecular flexibility index (Phi) is 4.34. The van der Waals surface area contributed by atoms with Gasteiger partial charge in [-0.2, -0.15) is 0 Å². The Morgan fingerprint density at radius 1 is 1.22 bits per heavy atom. The highest BCUT2D eigenvalue weighted by atomic mass is 32.2. The number of Topliss-reactive ketones (excluding diaryl/α,β-unsaturated/α-hetero) is 1. The van der Waals surface area contributed by atoms with Gasteiger partial charge in [-0.15, -0.1) is 10.2 Å². The maximum Gasteiger partial charge on any atom is 0.200 e. The van der Waals surface area contributed by atoms with Crippen molar-refractivity contribution in [1.82, 2.24) is 14.8 Å². The molecule has 6 heteroatoms. The molecule has 0 saturated carbocycles. The molecule has 23 heavy (non-hydrogen) atoms. The molecule has 0 aliphatic rings. The van der Waals surface area contributed by atoms with Crippen LogP contribution in [0.15, 0.2) is 52.2 Å². The summed E-state index contributed by atoms with van der Waals surface area (Å²) in [5, 5.41) is 8.75. The topological polar surface area (TPSA) is 60.9 Å². The van der Waals surface area contributed by atoms with Crippen LogP contribution in [0.2, 0.25) is 0 Å². The molecule has 1 atom stereocenters. The Hall–Kier alpha value is -2.34. The molecule has 1 aromatic carbocycles. The normalized spacial score (nSPS) is 12.3. The van der Waals surface area contributed by atoms with E-state index < -0.39 is 0 Å². The van der Waals surface area contributed by atoms with Crippen LogP contribution in [0.1, 0.15) is 22.8 Å². The highest BCUT2D eigenvalue weighted by Gasteiger charge is 2.21. The molecule has 3 aromatic rings. The maximum absolute atomic E-state index is 12.5. The van der Waals surface area contributed by atoms with Gasteiger partial charge in [0.25, 0.3) is 0 Å². The number of furan rings is 1. The maximum atomic E-state index is 12.5. The number of benzene rings is 1. The number of aromatic nitrogens is 3. The standard InChI is InChI=1S/C17H17N3O2S/c1-11-6-8-13(9-7-11)15(21)12(2)23-17-19-18-16(20(17)3)14-5-4-10-22-14/h4-10,12H,1-3H3. The number of hydrogen-bond donors (Lipinski definition) is 0. The Bertz CT molecular complexity index is 807. The van der Waals surface area contributed by atoms with E-state index in [1.165, 1.54) is 11.8 Å². The quantitative estimate of drug-likeness (QED) is 0.527. The predicted molar refractivity (Wildman–Crippen MR) is 89.5 cm³/mol. The van der Waals surface area contributed by atoms with E-state index in [0.717, 1.165) is 5.56 Å². The molecule has 118 valence electrons. The fraction of sp³-hybridized carbons (Fsp3) is 0.235. The van der Waals surface area contributed by atoms with Crippen LogP contribution in [0.25, 0.3) is 11.6 Å². The Morgan fingerprint density at radius 3 is 2.61 bits per heavy atom. The average molecular weight is 327 g/mol. The number of rotatable bonds is 5. The van der Waals surface area contributed by atoms with Crippen LogP contribution in [-0.2, 0) is 7.05 Å². The summed E-state index contributed by atoms with van der Waals surface area (Å²) in [6, 6.07) is 11.3. The van der Waals surface area contributed by atoms with Crippen LogP contribution < -0.4 is 0 Å². The molecule has 0 fully saturated rings. The fourth-order valence-electron chi connectivity index (χ4n) is 2.20. The largest absolute Gasteiger partial charge is 0.461 e. The molecule has 3 rings (SSSR count). The number of carbonyl (C=O) groups is 1. The van der Waals surface area contributed by atoms with Gasteiger partial charge in [0.15, 0.2) is 22.5 Å². The first-order chi connectivity index (χ1) is 11.1. The summed E-state index contributed by atoms with van der Waals surface area (Å²) >= 11 is 1.39. The van der Waals surface area contributed by atoms with E-state index in [9.17, 15) is 4.79 Å². The van der Waals surface area contributed by atoms with Crippen LogP contribution in [-0.4, -0.2) is 25.8 Å². The van der Waals surface area contributed by atoms with E-state index in [1.54, 1.807) is 12.3 Å². The van der Waals surface area contributed by atoms with Crippen LogP contribution in [0.4, 0.5) is 0 Å². The SMILES string of the molecule is Cc1ccc(C(=O)C(C)Sc2nnc(-c3ccco3)n2C)cc1. The molecule has 1 unspecified atom stereocenters. The zero-order valence-electron chi connectivity index (χ0n) is 13.2. The number of thioether (sulfide) groups is 1. The van der Waals surface area contributed by atoms with Gasteiger partial charge in [0.2, 0.25) is 0 Å². The van der Waals surface area contributed by atoms with Crippen molar-refractivity contribution in [2.75, 3.05) is 0 Å². The summed E-state index contributed by atoms with van der Waals surface area (Å²) in [5.74, 6) is 1.38. The molecule has 0 aliphatic carbocycles. The van der Waals surface area contributed by atoms with E-state index in [1.807, 2.05) is 55.8 Å². The minimum absolute atomic E-state index is 0.0811. The van der Waals surface area contributed by atoms with Gasteiger partial charge >= 0.3 is 0 Å². The van der Waals surface area contributed by atoms with Crippen LogP contribution >= 0.6 is 11.8 Å². The Labute approximate surface area is 138 Å². The third-order valence-electron chi connectivity index (χ3n) is 3.56. The Morgan fingerprint density at radius 2 is 1.96 bits per heavy atom. The van der Waals surface area contributed by atoms with Gasteiger partial charge in [-0.25, -0.2) is 0 Å². The van der Waals surface area contributed by atoms with Gasteiger partial charge in [-0.1, -0.05) is 41.6 Å². The van der Waals surface area contributed by atoms with Crippen molar-refractivity contribution in [3.63, 3.8) is 0 Å². The van der Waals surface area contributed by atoms with E-state index in [2.05, 4.69) is 10.2 Å². The summed E-state index contributed by atoms with van der Waals surface area (Å²) in [4.78, 5) is 12.5. The molecule has 2 heterocycles. The molecule has 0 N–H and O–H groups in total. The van der Waals surface area contributed by atoms with Crippen molar-refractivity contribution in [2.24, 2.45) is 7.05 Å². The summed E-state index contributed by atoms with van der Waals surface area (Å²) < 4.78 is 7.18. The smallest absolute Gasteiger partial charge is 0.200 e. The molecule has 0 aliphatic heterocycles. The second kappa shape index (κ2) is 6.42. The number of aryl methyl sites for hydroxylation is 1. The fourth-order valence-corrected chi connectivity index (χ4v) is 3.09. The van der Waals surface area contributed by atoms with Crippen molar-refractivity contribution < 1.29 is 9.21 Å². The van der Waals surface area contributed by atoms with Gasteiger partial charge in [-0.05, 0) is 26.0 Å². The first-order valence-electron chi connectivity index (χ1n) is 7.27. The third kappa shape index (κ3) is 3.22. The summed E-state index contributed by atoms with van der Waals surface area (Å²) in [6.07, 6.45) is 1.60. The number of carbonyl (C=O) groups excluding carboxylic acids is 1. The first-order valence-corrected chi connectivity index (χ1v) is 8.15. The van der Waals surface area contributed by atoms with E-state index in [-0.39, 0.29) is 11.0 Å². The van der Waals surface area contributed by atoms with Crippen molar-refractivity contribution in [1.29, 1.82) is 0 Å². The molecule has 0 bridgehead atoms. The first kappa shape index (κ1) is 15.6. The van der Waals surface area contributed by atoms with Gasteiger partial charge < -0.3 is 8.98 Å². The molecule has 0 saturated heterocycles. The summed E-state index contributed by atoms with van der Waals surface area (Å²) in [5.41, 5.74) is 1.85. The second-order valence-corrected chi connectivity index (χ2v) is 6.64. The molecule has 0 spiro atoms. The lowest BCUT2D eigenvalue weighted by molar-refractivity contribution is 0.0994. The van der Waals surface area contributed by atoms with Crippen molar-refractivity contribution in [2.45, 2.75) is 24.3 Å². The predicted octanol–water partition coefficient (Wildman–Crippen LogP) is 3.75. The minimum Gasteiger partial charge on any atom is -0.461 e. The van der Waals surface area contributed by atoms with Crippen molar-refractivity contribution in [3.05, 3.63) is 53.8 Å². The number of ketones is 1. The lowest BCUT2D eigenvalue weighted by atomic mass is 10.1. The molecular formula is C17H17N3O2S. The number of hydrogen-bond acceptors (Lipinski definition) is 5. The summed E-state index contributed by atoms with van der Waals surface area (Å²) in [7, 11) is 1.86. The Balaban J connectivity index is 1.77. The van der Waals surface area contributed by atoms with E-state index in [0.29, 0.717) is 22.3 Å². The zero-order valence-corrected chi connectivity index (χ0v) is 14.0. The third-order valence-corrected chi connectivity index (χ3v) is 4.70. The second-order valence-electron chi connectivity index (χ2n) is 5.33. The van der Waals surface area contributed by atoms with E-state index >= 15 is 0 Å². The number of nitrogens with zero attached hydrogens (tertiary/aromatic N) is 3. The van der Waals surface area contributed by atoms with Crippen LogP contribution in [0.5, 0.6) is 0 Å². The van der Waals surface area contributed by atoms with Crippen molar-refractivity contribution in [3.8, 4) is 11.6 Å². The lowest BCUT2D eigenvalue weighted by Crippen LogP contribution is -2.14.